The molecule has 0 saturated heterocycles. The van der Waals surface area contributed by atoms with E-state index in [1.807, 2.05) is 6.92 Å². The lowest BCUT2D eigenvalue weighted by molar-refractivity contribution is 0.0850. The summed E-state index contributed by atoms with van der Waals surface area (Å²) in [6.45, 7) is 3.50. The average molecular weight is 320 g/mol. The van der Waals surface area contributed by atoms with Crippen LogP contribution in [-0.4, -0.2) is 22.0 Å². The predicted molar refractivity (Wildman–Crippen MR) is 81.9 cm³/mol. The molecule has 122 valence electrons. The third-order valence-corrected chi connectivity index (χ3v) is 3.65. The zero-order valence-corrected chi connectivity index (χ0v) is 12.9. The highest BCUT2D eigenvalue weighted by atomic mass is 19.2. The van der Waals surface area contributed by atoms with E-state index in [9.17, 15) is 18.7 Å². The van der Waals surface area contributed by atoms with Crippen molar-refractivity contribution in [2.45, 2.75) is 32.4 Å². The molecular weight excluding hydrogens is 302 g/mol. The second-order valence-electron chi connectivity index (χ2n) is 5.27. The quantitative estimate of drug-likeness (QED) is 0.890. The number of nitrogens with one attached hydrogen (secondary N) is 1. The van der Waals surface area contributed by atoms with E-state index in [-0.39, 0.29) is 11.5 Å². The molecule has 6 heteroatoms. The van der Waals surface area contributed by atoms with E-state index in [2.05, 4.69) is 10.3 Å². The number of halogens is 2. The molecule has 1 heterocycles. The number of nitrogens with zero attached hydrogens (tertiary/aromatic N) is 1. The topological polar surface area (TPSA) is 62.2 Å². The molecule has 0 aliphatic heterocycles. The minimum atomic E-state index is -1.15. The van der Waals surface area contributed by atoms with Crippen LogP contribution in [0.25, 0.3) is 0 Å². The van der Waals surface area contributed by atoms with Crippen LogP contribution in [0.2, 0.25) is 0 Å². The summed E-state index contributed by atoms with van der Waals surface area (Å²) in [5.41, 5.74) is 1.47. The Morgan fingerprint density at radius 3 is 2.70 bits per heavy atom. The summed E-state index contributed by atoms with van der Waals surface area (Å²) in [5, 5.41) is 12.9. The second-order valence-corrected chi connectivity index (χ2v) is 5.27. The molecule has 0 radical (unpaired) electrons. The summed E-state index contributed by atoms with van der Waals surface area (Å²) in [5.74, 6) is -2.37. The van der Waals surface area contributed by atoms with Crippen LogP contribution in [0.3, 0.4) is 0 Å². The minimum absolute atomic E-state index is 0.196. The normalized spacial score (nSPS) is 13.4. The number of aromatic nitrogens is 1. The fourth-order valence-electron chi connectivity index (χ4n) is 2.28. The number of aliphatic hydroxyl groups excluding tert-OH is 1. The summed E-state index contributed by atoms with van der Waals surface area (Å²) in [4.78, 5) is 16.3. The van der Waals surface area contributed by atoms with Crippen molar-refractivity contribution >= 4 is 5.91 Å². The number of carbonyl (C=O) groups excluding carboxylic acids is 1. The molecule has 0 spiro atoms. The van der Waals surface area contributed by atoms with E-state index < -0.39 is 23.8 Å². The van der Waals surface area contributed by atoms with Gasteiger partial charge in [0.2, 0.25) is 0 Å². The highest BCUT2D eigenvalue weighted by molar-refractivity contribution is 5.95. The standard InChI is InChI=1S/C17H18F2N2O2/c1-3-11-9-20-7-6-13(11)17(23)21-10(2)16(22)12-4-5-14(18)15(19)8-12/h4-10,16,22H,3H2,1-2H3,(H,21,23)/t10-,16+/m1/s1. The van der Waals surface area contributed by atoms with Gasteiger partial charge in [0.05, 0.1) is 12.1 Å². The van der Waals surface area contributed by atoms with Crippen LogP contribution in [0.5, 0.6) is 0 Å². The maximum atomic E-state index is 13.2. The number of rotatable bonds is 5. The van der Waals surface area contributed by atoms with E-state index in [1.165, 1.54) is 12.3 Å². The summed E-state index contributed by atoms with van der Waals surface area (Å²) in [6, 6.07) is 4.08. The SMILES string of the molecule is CCc1cnccc1C(=O)N[C@H](C)[C@H](O)c1ccc(F)c(F)c1. The van der Waals surface area contributed by atoms with Crippen molar-refractivity contribution in [1.29, 1.82) is 0 Å². The number of hydrogen-bond donors (Lipinski definition) is 2. The Labute approximate surface area is 133 Å². The lowest BCUT2D eigenvalue weighted by atomic mass is 10.0. The zero-order valence-electron chi connectivity index (χ0n) is 12.9. The van der Waals surface area contributed by atoms with Crippen LogP contribution in [0.1, 0.15) is 41.4 Å². The Kier molecular flexibility index (Phi) is 5.39. The first-order valence-corrected chi connectivity index (χ1v) is 7.30. The summed E-state index contributed by atoms with van der Waals surface area (Å²) in [7, 11) is 0. The monoisotopic (exact) mass is 320 g/mol. The molecule has 2 rings (SSSR count). The Balaban J connectivity index is 2.12. The van der Waals surface area contributed by atoms with E-state index >= 15 is 0 Å². The van der Waals surface area contributed by atoms with Gasteiger partial charge in [-0.2, -0.15) is 0 Å². The van der Waals surface area contributed by atoms with Gasteiger partial charge in [-0.25, -0.2) is 8.78 Å². The lowest BCUT2D eigenvalue weighted by Gasteiger charge is -2.21. The summed E-state index contributed by atoms with van der Waals surface area (Å²) < 4.78 is 26.2. The number of carbonyl (C=O) groups is 1. The molecule has 0 aliphatic carbocycles. The van der Waals surface area contributed by atoms with Gasteiger partial charge < -0.3 is 10.4 Å². The van der Waals surface area contributed by atoms with Gasteiger partial charge in [0.1, 0.15) is 0 Å². The van der Waals surface area contributed by atoms with Crippen LogP contribution < -0.4 is 5.32 Å². The molecular formula is C17H18F2N2O2. The maximum absolute atomic E-state index is 13.2. The number of benzene rings is 1. The number of hydrogen-bond acceptors (Lipinski definition) is 3. The van der Waals surface area contributed by atoms with E-state index in [4.69, 9.17) is 0 Å². The smallest absolute Gasteiger partial charge is 0.251 e. The summed E-state index contributed by atoms with van der Waals surface area (Å²) >= 11 is 0. The Morgan fingerprint density at radius 2 is 2.04 bits per heavy atom. The lowest BCUT2D eigenvalue weighted by Crippen LogP contribution is -2.37. The number of aryl methyl sites for hydroxylation is 1. The van der Waals surface area contributed by atoms with E-state index in [0.717, 1.165) is 17.7 Å². The van der Waals surface area contributed by atoms with Gasteiger partial charge in [0.15, 0.2) is 11.6 Å². The third-order valence-electron chi connectivity index (χ3n) is 3.65. The van der Waals surface area contributed by atoms with Gasteiger partial charge in [-0.1, -0.05) is 13.0 Å². The fourth-order valence-corrected chi connectivity index (χ4v) is 2.28. The van der Waals surface area contributed by atoms with Crippen LogP contribution in [0.15, 0.2) is 36.7 Å². The number of pyridine rings is 1. The van der Waals surface area contributed by atoms with Crippen molar-refractivity contribution in [1.82, 2.24) is 10.3 Å². The van der Waals surface area contributed by atoms with Crippen molar-refractivity contribution in [3.8, 4) is 0 Å². The van der Waals surface area contributed by atoms with E-state index in [0.29, 0.717) is 12.0 Å². The Hall–Kier alpha value is -2.34. The van der Waals surface area contributed by atoms with Crippen molar-refractivity contribution in [3.63, 3.8) is 0 Å². The molecule has 0 bridgehead atoms. The largest absolute Gasteiger partial charge is 0.386 e. The Bertz CT molecular complexity index is 707. The molecule has 0 aliphatic rings. The van der Waals surface area contributed by atoms with Crippen molar-refractivity contribution in [2.75, 3.05) is 0 Å². The van der Waals surface area contributed by atoms with Crippen LogP contribution in [0, 0.1) is 11.6 Å². The second kappa shape index (κ2) is 7.28. The average Bonchev–Trinajstić information content (AvgIpc) is 2.56. The minimum Gasteiger partial charge on any atom is -0.386 e. The molecule has 23 heavy (non-hydrogen) atoms. The van der Waals surface area contributed by atoms with Crippen LogP contribution in [0.4, 0.5) is 8.78 Å². The molecule has 4 nitrogen and oxygen atoms in total. The molecule has 2 atom stereocenters. The zero-order chi connectivity index (χ0) is 17.0. The maximum Gasteiger partial charge on any atom is 0.251 e. The highest BCUT2D eigenvalue weighted by Crippen LogP contribution is 2.20. The van der Waals surface area contributed by atoms with E-state index in [1.54, 1.807) is 19.2 Å². The third kappa shape index (κ3) is 3.90. The number of amides is 1. The predicted octanol–water partition coefficient (Wildman–Crippen LogP) is 2.77. The molecule has 1 amide bonds. The van der Waals surface area contributed by atoms with Crippen molar-refractivity contribution in [2.24, 2.45) is 0 Å². The van der Waals surface area contributed by atoms with Gasteiger partial charge in [0, 0.05) is 18.0 Å². The molecule has 2 aromatic rings. The van der Waals surface area contributed by atoms with Crippen LogP contribution >= 0.6 is 0 Å². The van der Waals surface area contributed by atoms with Gasteiger partial charge in [-0.3, -0.25) is 9.78 Å². The fraction of sp³-hybridized carbons (Fsp3) is 0.294. The molecule has 0 fully saturated rings. The highest BCUT2D eigenvalue weighted by Gasteiger charge is 2.21. The van der Waals surface area contributed by atoms with Crippen molar-refractivity contribution in [3.05, 3.63) is 65.0 Å². The van der Waals surface area contributed by atoms with Gasteiger partial charge in [0.25, 0.3) is 5.91 Å². The van der Waals surface area contributed by atoms with Crippen LogP contribution in [-0.2, 0) is 6.42 Å². The van der Waals surface area contributed by atoms with Gasteiger partial charge in [-0.15, -0.1) is 0 Å². The van der Waals surface area contributed by atoms with Crippen molar-refractivity contribution < 1.29 is 18.7 Å². The van der Waals surface area contributed by atoms with Gasteiger partial charge >= 0.3 is 0 Å². The molecule has 2 N–H and O–H groups in total. The van der Waals surface area contributed by atoms with Gasteiger partial charge in [-0.05, 0) is 42.7 Å². The first kappa shape index (κ1) is 17.0. The molecule has 0 saturated carbocycles. The summed E-state index contributed by atoms with van der Waals surface area (Å²) in [6.07, 6.45) is 2.63. The molecule has 1 aromatic carbocycles. The first-order chi connectivity index (χ1) is 10.9. The molecule has 0 unspecified atom stereocenters. The Morgan fingerprint density at radius 1 is 1.30 bits per heavy atom. The molecule has 1 aromatic heterocycles. The number of aliphatic hydroxyl groups is 1. The first-order valence-electron chi connectivity index (χ1n) is 7.30.